The Balaban J connectivity index is 3.13. The summed E-state index contributed by atoms with van der Waals surface area (Å²) in [7, 11) is 1.78. The van der Waals surface area contributed by atoms with Gasteiger partial charge in [0, 0.05) is 27.0 Å². The van der Waals surface area contributed by atoms with E-state index in [-0.39, 0.29) is 15.2 Å². The predicted octanol–water partition coefficient (Wildman–Crippen LogP) is 2.26. The van der Waals surface area contributed by atoms with Crippen LogP contribution in [0.2, 0.25) is 5.02 Å². The largest absolute Gasteiger partial charge is 0.493 e. The summed E-state index contributed by atoms with van der Waals surface area (Å²) in [4.78, 5) is 49.5. The fourth-order valence-corrected chi connectivity index (χ4v) is 3.10. The number of hydrogen-bond donors (Lipinski definition) is 0. The second-order valence-corrected chi connectivity index (χ2v) is 6.39. The zero-order chi connectivity index (χ0) is 23.1. The monoisotopic (exact) mass is 451 g/mol. The maximum Gasteiger partial charge on any atom is 0.431 e. The molecule has 0 aliphatic rings. The lowest BCUT2D eigenvalue weighted by molar-refractivity contribution is -0.144. The molecule has 0 N–H and O–H groups in total. The summed E-state index contributed by atoms with van der Waals surface area (Å²) in [6.45, 7) is 1.86. The molecule has 0 spiro atoms. The molecular weight excluding hydrogens is 438 g/mol. The quantitative estimate of drug-likeness (QED) is 0.668. The van der Waals surface area contributed by atoms with Gasteiger partial charge in [-0.15, -0.1) is 0 Å². The van der Waals surface area contributed by atoms with Gasteiger partial charge in [0.15, 0.2) is 11.6 Å². The molecule has 0 bridgehead atoms. The Hall–Kier alpha value is -3.15. The molecule has 2 rings (SSSR count). The minimum Gasteiger partial charge on any atom is -0.493 e. The van der Waals surface area contributed by atoms with Gasteiger partial charge in [-0.2, -0.15) is 13.2 Å². The number of carbonyl (C=O) groups is 2. The zero-order valence-electron chi connectivity index (χ0n) is 15.9. The first kappa shape index (κ1) is 23.1. The second kappa shape index (κ2) is 7.94. The van der Waals surface area contributed by atoms with E-state index < -0.39 is 62.9 Å². The Labute approximate surface area is 170 Å². The number of imide groups is 1. The second-order valence-electron chi connectivity index (χ2n) is 5.99. The van der Waals surface area contributed by atoms with Crippen LogP contribution in [0.5, 0.6) is 5.75 Å². The summed E-state index contributed by atoms with van der Waals surface area (Å²) in [6, 6.07) is 0.707. The van der Waals surface area contributed by atoms with Gasteiger partial charge in [-0.05, 0) is 6.07 Å². The summed E-state index contributed by atoms with van der Waals surface area (Å²) < 4.78 is 59.3. The number of carbonyl (C=O) groups excluding carboxylic acids is 2. The van der Waals surface area contributed by atoms with Crippen LogP contribution in [0.1, 0.15) is 19.5 Å². The van der Waals surface area contributed by atoms with E-state index in [1.807, 2.05) is 0 Å². The molecule has 2 amide bonds. The molecule has 0 unspecified atom stereocenters. The molecule has 8 nitrogen and oxygen atoms in total. The third-order valence-corrected chi connectivity index (χ3v) is 4.31. The van der Waals surface area contributed by atoms with Crippen molar-refractivity contribution < 1.29 is 31.9 Å². The first-order valence-electron chi connectivity index (χ1n) is 8.01. The fourth-order valence-electron chi connectivity index (χ4n) is 2.83. The van der Waals surface area contributed by atoms with E-state index >= 15 is 0 Å². The van der Waals surface area contributed by atoms with Crippen molar-refractivity contribution in [2.75, 3.05) is 12.0 Å². The summed E-state index contributed by atoms with van der Waals surface area (Å²) >= 11 is 5.91. The minimum atomic E-state index is -5.05. The number of alkyl halides is 3. The Morgan fingerprint density at radius 1 is 1.13 bits per heavy atom. The van der Waals surface area contributed by atoms with Crippen LogP contribution < -0.4 is 20.9 Å². The highest BCUT2D eigenvalue weighted by molar-refractivity contribution is 6.33. The van der Waals surface area contributed by atoms with Crippen molar-refractivity contribution in [2.24, 2.45) is 7.05 Å². The molecule has 0 atom stereocenters. The first-order chi connectivity index (χ1) is 13.7. The summed E-state index contributed by atoms with van der Waals surface area (Å²) in [5.41, 5.74) is -6.39. The molecule has 1 heterocycles. The number of anilines is 1. The average Bonchev–Trinajstić information content (AvgIpc) is 2.59. The zero-order valence-corrected chi connectivity index (χ0v) is 16.7. The Morgan fingerprint density at radius 3 is 2.10 bits per heavy atom. The smallest absolute Gasteiger partial charge is 0.431 e. The third kappa shape index (κ3) is 3.82. The molecular formula is C17H14ClF4N3O5. The van der Waals surface area contributed by atoms with Gasteiger partial charge in [-0.3, -0.25) is 19.0 Å². The molecule has 0 aliphatic heterocycles. The van der Waals surface area contributed by atoms with Crippen molar-refractivity contribution in [3.05, 3.63) is 49.5 Å². The lowest BCUT2D eigenvalue weighted by atomic mass is 10.2. The highest BCUT2D eigenvalue weighted by Gasteiger charge is 2.36. The molecule has 1 aromatic carbocycles. The molecule has 30 heavy (non-hydrogen) atoms. The molecule has 0 fully saturated rings. The van der Waals surface area contributed by atoms with Crippen LogP contribution in [0.3, 0.4) is 0 Å². The van der Waals surface area contributed by atoms with E-state index in [1.165, 1.54) is 0 Å². The minimum absolute atomic E-state index is 0.0532. The van der Waals surface area contributed by atoms with Gasteiger partial charge in [0.25, 0.3) is 5.56 Å². The van der Waals surface area contributed by atoms with Crippen LogP contribution in [-0.2, 0) is 22.8 Å². The topological polar surface area (TPSA) is 90.6 Å². The van der Waals surface area contributed by atoms with Crippen LogP contribution in [0, 0.1) is 5.82 Å². The Morgan fingerprint density at radius 2 is 1.67 bits per heavy atom. The Kier molecular flexibility index (Phi) is 6.12. The van der Waals surface area contributed by atoms with Crippen molar-refractivity contribution >= 4 is 29.1 Å². The number of ether oxygens (including phenoxy) is 1. The Bertz CT molecular complexity index is 1160. The van der Waals surface area contributed by atoms with Crippen LogP contribution in [0.4, 0.5) is 23.2 Å². The van der Waals surface area contributed by atoms with Crippen molar-refractivity contribution in [3.63, 3.8) is 0 Å². The number of hydrogen-bond acceptors (Lipinski definition) is 5. The number of benzene rings is 1. The third-order valence-electron chi connectivity index (χ3n) is 4.03. The van der Waals surface area contributed by atoms with Crippen molar-refractivity contribution in [2.45, 2.75) is 20.0 Å². The van der Waals surface area contributed by atoms with Gasteiger partial charge in [0.2, 0.25) is 11.8 Å². The van der Waals surface area contributed by atoms with Crippen molar-refractivity contribution in [1.82, 2.24) is 9.13 Å². The van der Waals surface area contributed by atoms with Crippen LogP contribution >= 0.6 is 11.6 Å². The standard InChI is InChI=1S/C17H14ClF4N3O5/c1-7(26)24(8(2)27)14-13(10(19)5-9(18)15(14)30-4)25-12(28)6-11(17(20,21)22)23(3)16(25)29/h5-6H,1-4H3. The van der Waals surface area contributed by atoms with Crippen LogP contribution in [0.25, 0.3) is 5.69 Å². The maximum absolute atomic E-state index is 14.9. The average molecular weight is 452 g/mol. The SMILES string of the molecule is COc1c(Cl)cc(F)c(-n2c(=O)cc(C(F)(F)F)n(C)c2=O)c1N(C(C)=O)C(C)=O. The van der Waals surface area contributed by atoms with E-state index in [9.17, 15) is 36.7 Å². The van der Waals surface area contributed by atoms with Crippen LogP contribution in [0.15, 0.2) is 21.7 Å². The molecule has 1 aromatic heterocycles. The molecule has 0 saturated carbocycles. The van der Waals surface area contributed by atoms with E-state index in [0.29, 0.717) is 11.0 Å². The van der Waals surface area contributed by atoms with Crippen LogP contribution in [-0.4, -0.2) is 28.1 Å². The van der Waals surface area contributed by atoms with Crippen molar-refractivity contribution in [3.8, 4) is 11.4 Å². The lowest BCUT2D eigenvalue weighted by Crippen LogP contribution is -2.43. The van der Waals surface area contributed by atoms with Gasteiger partial charge in [-0.1, -0.05) is 11.6 Å². The van der Waals surface area contributed by atoms with Gasteiger partial charge in [0.1, 0.15) is 17.1 Å². The summed E-state index contributed by atoms with van der Waals surface area (Å²) in [6.07, 6.45) is -5.05. The summed E-state index contributed by atoms with van der Waals surface area (Å²) in [5, 5.41) is -0.418. The van der Waals surface area contributed by atoms with Gasteiger partial charge < -0.3 is 4.74 Å². The van der Waals surface area contributed by atoms with Gasteiger partial charge in [0.05, 0.1) is 12.1 Å². The molecule has 0 radical (unpaired) electrons. The highest BCUT2D eigenvalue weighted by Crippen LogP contribution is 2.42. The maximum atomic E-state index is 14.9. The number of methoxy groups -OCH3 is 1. The number of rotatable bonds is 3. The fraction of sp³-hybridized carbons (Fsp3) is 0.294. The highest BCUT2D eigenvalue weighted by atomic mass is 35.5. The molecule has 0 aliphatic carbocycles. The number of aromatic nitrogens is 2. The molecule has 2 aromatic rings. The molecule has 162 valence electrons. The molecule has 13 heteroatoms. The van der Waals surface area contributed by atoms with Crippen molar-refractivity contribution in [1.29, 1.82) is 0 Å². The van der Waals surface area contributed by atoms with E-state index in [4.69, 9.17) is 16.3 Å². The number of nitrogens with zero attached hydrogens (tertiary/aromatic N) is 3. The molecule has 0 saturated heterocycles. The van der Waals surface area contributed by atoms with E-state index in [2.05, 4.69) is 0 Å². The predicted molar refractivity (Wildman–Crippen MR) is 97.6 cm³/mol. The van der Waals surface area contributed by atoms with Gasteiger partial charge in [-0.25, -0.2) is 18.7 Å². The first-order valence-corrected chi connectivity index (χ1v) is 8.39. The van der Waals surface area contributed by atoms with E-state index in [0.717, 1.165) is 28.0 Å². The summed E-state index contributed by atoms with van der Waals surface area (Å²) in [5.74, 6) is -3.73. The number of amides is 2. The normalized spacial score (nSPS) is 11.4. The number of halogens is 5. The van der Waals surface area contributed by atoms with Gasteiger partial charge >= 0.3 is 11.9 Å². The lowest BCUT2D eigenvalue weighted by Gasteiger charge is -2.25. The van der Waals surface area contributed by atoms with E-state index in [1.54, 1.807) is 0 Å².